The molecule has 0 heterocycles. The molecule has 0 aliphatic rings. The normalized spacial score (nSPS) is 16.0. The van der Waals surface area contributed by atoms with Gasteiger partial charge >= 0.3 is 0 Å². The maximum atomic E-state index is 11.1. The topological polar surface area (TPSA) is 144 Å². The maximum absolute atomic E-state index is 11.1. The van der Waals surface area contributed by atoms with Crippen LogP contribution in [0.15, 0.2) is 12.2 Å². The fourth-order valence-electron chi connectivity index (χ4n) is 2.83. The first kappa shape index (κ1) is 25.1. The summed E-state index contributed by atoms with van der Waals surface area (Å²) >= 11 is 0. The summed E-state index contributed by atoms with van der Waals surface area (Å²) in [6, 6.07) is -2.25. The van der Waals surface area contributed by atoms with Crippen LogP contribution in [0.25, 0.3) is 0 Å². The first-order chi connectivity index (χ1) is 12.8. The summed E-state index contributed by atoms with van der Waals surface area (Å²) in [5.74, 6) is 0. The average molecular weight is 388 g/mol. The number of aliphatic hydroxyl groups excluding tert-OH is 2. The van der Waals surface area contributed by atoms with Crippen molar-refractivity contribution in [2.75, 3.05) is 0 Å². The van der Waals surface area contributed by atoms with Crippen LogP contribution in [0.4, 0.5) is 0 Å². The fourth-order valence-corrected chi connectivity index (χ4v) is 2.83. The molecule has 9 heteroatoms. The van der Waals surface area contributed by atoms with Crippen LogP contribution in [0.3, 0.4) is 0 Å². The van der Waals surface area contributed by atoms with E-state index in [1.165, 1.54) is 12.2 Å². The Kier molecular flexibility index (Phi) is 14.2. The van der Waals surface area contributed by atoms with Gasteiger partial charge in [0.15, 0.2) is 0 Å². The summed E-state index contributed by atoms with van der Waals surface area (Å²) < 4.78 is 0. The molecule has 0 aromatic heterocycles. The van der Waals surface area contributed by atoms with Gasteiger partial charge in [0, 0.05) is 29.1 Å². The molecule has 0 saturated carbocycles. The van der Waals surface area contributed by atoms with E-state index in [1.807, 2.05) is 6.92 Å². The van der Waals surface area contributed by atoms with Crippen LogP contribution in [0.2, 0.25) is 0 Å². The molecule has 27 heavy (non-hydrogen) atoms. The molecule has 0 amide bonds. The number of aliphatic hydroxyl groups is 2. The molecule has 9 nitrogen and oxygen atoms in total. The number of rotatable bonds is 17. The van der Waals surface area contributed by atoms with Gasteiger partial charge in [-0.1, -0.05) is 38.3 Å². The zero-order chi connectivity index (χ0) is 20.7. The number of hydrogen-bond acceptors (Lipinski definition) is 7. The van der Waals surface area contributed by atoms with Crippen LogP contribution >= 0.6 is 0 Å². The second-order valence-electron chi connectivity index (χ2n) is 6.73. The smallest absolute Gasteiger partial charge is 0.241 e. The average Bonchev–Trinajstić information content (AvgIpc) is 2.60. The van der Waals surface area contributed by atoms with Crippen LogP contribution in [-0.4, -0.2) is 50.6 Å². The van der Waals surface area contributed by atoms with Crippen molar-refractivity contribution in [1.29, 1.82) is 0 Å². The Labute approximate surface area is 159 Å². The number of carbonyl (C=O) groups excluding carboxylic acids is 1. The number of carbonyl (C=O) groups is 1. The van der Waals surface area contributed by atoms with Gasteiger partial charge in [-0.2, -0.15) is 0 Å². The predicted molar refractivity (Wildman–Crippen MR) is 101 cm³/mol. The van der Waals surface area contributed by atoms with E-state index in [9.17, 15) is 35.2 Å². The summed E-state index contributed by atoms with van der Waals surface area (Å²) in [7, 11) is 0. The highest BCUT2D eigenvalue weighted by atomic mass is 16.6. The molecule has 0 aromatic carbocycles. The number of nitrogens with zero attached hydrogens (tertiary/aromatic N) is 2. The second kappa shape index (κ2) is 15.2. The first-order valence-electron chi connectivity index (χ1n) is 9.56. The summed E-state index contributed by atoms with van der Waals surface area (Å²) in [6.07, 6.45) is 5.97. The Hall–Kier alpha value is -1.87. The van der Waals surface area contributed by atoms with E-state index in [2.05, 4.69) is 0 Å². The molecule has 156 valence electrons. The van der Waals surface area contributed by atoms with Gasteiger partial charge in [-0.25, -0.2) is 0 Å². The quantitative estimate of drug-likeness (QED) is 0.128. The third-order valence-electron chi connectivity index (χ3n) is 4.53. The van der Waals surface area contributed by atoms with Crippen molar-refractivity contribution in [1.82, 2.24) is 0 Å². The summed E-state index contributed by atoms with van der Waals surface area (Å²) in [5.41, 5.74) is 0. The fraction of sp³-hybridized carbons (Fsp3) is 0.833. The molecule has 0 fully saturated rings. The van der Waals surface area contributed by atoms with Crippen molar-refractivity contribution in [3.63, 3.8) is 0 Å². The van der Waals surface area contributed by atoms with Crippen molar-refractivity contribution in [2.24, 2.45) is 0 Å². The summed E-state index contributed by atoms with van der Waals surface area (Å²) in [4.78, 5) is 31.4. The molecule has 0 aromatic rings. The molecule has 0 aliphatic carbocycles. The monoisotopic (exact) mass is 388 g/mol. The maximum Gasteiger partial charge on any atom is 0.241 e. The first-order valence-corrected chi connectivity index (χ1v) is 9.56. The molecular formula is C18H32N2O7. The standard InChI is InChI=1S/C18H32N2O7/c1-2-3-5-12-17(22)16(20(26)27)11-7-8-13-18(23)15(19(24)25)10-6-4-9-14-21/h7-8,14-18,22-23H,2-6,9-13H2,1H3/b8-7+. The Morgan fingerprint density at radius 2 is 1.44 bits per heavy atom. The van der Waals surface area contributed by atoms with Crippen molar-refractivity contribution >= 4 is 6.29 Å². The predicted octanol–water partition coefficient (Wildman–Crippen LogP) is 2.67. The van der Waals surface area contributed by atoms with Crippen molar-refractivity contribution < 1.29 is 24.9 Å². The highest BCUT2D eigenvalue weighted by molar-refractivity contribution is 5.48. The molecule has 0 spiro atoms. The highest BCUT2D eigenvalue weighted by Crippen LogP contribution is 2.15. The zero-order valence-electron chi connectivity index (χ0n) is 15.9. The van der Waals surface area contributed by atoms with Crippen LogP contribution < -0.4 is 0 Å². The van der Waals surface area contributed by atoms with Gasteiger partial charge in [-0.15, -0.1) is 0 Å². The van der Waals surface area contributed by atoms with Gasteiger partial charge in [0.1, 0.15) is 18.5 Å². The van der Waals surface area contributed by atoms with Gasteiger partial charge in [-0.05, 0) is 25.7 Å². The number of aldehydes is 1. The van der Waals surface area contributed by atoms with Crippen LogP contribution in [0.5, 0.6) is 0 Å². The number of unbranched alkanes of at least 4 members (excludes halogenated alkanes) is 4. The third-order valence-corrected chi connectivity index (χ3v) is 4.53. The molecular weight excluding hydrogens is 356 g/mol. The molecule has 0 bridgehead atoms. The van der Waals surface area contributed by atoms with E-state index < -0.39 is 34.1 Å². The van der Waals surface area contributed by atoms with Gasteiger partial charge in [0.25, 0.3) is 0 Å². The largest absolute Gasteiger partial charge is 0.386 e. The minimum Gasteiger partial charge on any atom is -0.386 e. The van der Waals surface area contributed by atoms with Gasteiger partial charge < -0.3 is 15.0 Å². The Morgan fingerprint density at radius 3 is 2.00 bits per heavy atom. The van der Waals surface area contributed by atoms with Crippen LogP contribution in [-0.2, 0) is 4.79 Å². The second-order valence-corrected chi connectivity index (χ2v) is 6.73. The van der Waals surface area contributed by atoms with Crippen molar-refractivity contribution in [2.45, 2.75) is 95.4 Å². The van der Waals surface area contributed by atoms with E-state index in [0.29, 0.717) is 25.7 Å². The molecule has 4 unspecified atom stereocenters. The Balaban J connectivity index is 4.48. The van der Waals surface area contributed by atoms with E-state index in [-0.39, 0.29) is 19.3 Å². The summed E-state index contributed by atoms with van der Waals surface area (Å²) in [6.45, 7) is 2.01. The van der Waals surface area contributed by atoms with Gasteiger partial charge in [-0.3, -0.25) is 20.2 Å². The summed E-state index contributed by atoms with van der Waals surface area (Å²) in [5, 5.41) is 42.2. The molecule has 0 saturated heterocycles. The lowest BCUT2D eigenvalue weighted by Gasteiger charge is -2.15. The molecule has 0 radical (unpaired) electrons. The van der Waals surface area contributed by atoms with E-state index >= 15 is 0 Å². The number of nitro groups is 2. The SMILES string of the molecule is CCCCCC(O)C(C/C=C/CC(O)C(CCCCC=O)[N+](=O)[O-])[N+](=O)[O-]. The molecule has 2 N–H and O–H groups in total. The van der Waals surface area contributed by atoms with E-state index in [1.54, 1.807) is 0 Å². The van der Waals surface area contributed by atoms with E-state index in [0.717, 1.165) is 25.5 Å². The van der Waals surface area contributed by atoms with Crippen molar-refractivity contribution in [3.8, 4) is 0 Å². The highest BCUT2D eigenvalue weighted by Gasteiger charge is 2.29. The third kappa shape index (κ3) is 11.4. The lowest BCUT2D eigenvalue weighted by molar-refractivity contribution is -0.535. The van der Waals surface area contributed by atoms with Gasteiger partial charge in [0.05, 0.1) is 0 Å². The number of hydrogen-bond donors (Lipinski definition) is 2. The van der Waals surface area contributed by atoms with Crippen LogP contribution in [0, 0.1) is 20.2 Å². The molecule has 4 atom stereocenters. The molecule has 0 rings (SSSR count). The lowest BCUT2D eigenvalue weighted by Crippen LogP contribution is -2.34. The van der Waals surface area contributed by atoms with Gasteiger partial charge in [0.2, 0.25) is 12.1 Å². The molecule has 0 aliphatic heterocycles. The zero-order valence-corrected chi connectivity index (χ0v) is 15.9. The minimum atomic E-state index is -1.20. The minimum absolute atomic E-state index is 0.00940. The van der Waals surface area contributed by atoms with Crippen molar-refractivity contribution in [3.05, 3.63) is 32.4 Å². The Morgan fingerprint density at radius 1 is 0.852 bits per heavy atom. The lowest BCUT2D eigenvalue weighted by atomic mass is 9.99. The van der Waals surface area contributed by atoms with Crippen LogP contribution in [0.1, 0.15) is 71.1 Å². The van der Waals surface area contributed by atoms with E-state index in [4.69, 9.17) is 0 Å². The Bertz CT molecular complexity index is 471.